The highest BCUT2D eigenvalue weighted by Gasteiger charge is 2.34. The average Bonchev–Trinajstić information content (AvgIpc) is 3.26. The Balaban J connectivity index is 1.44. The molecule has 1 saturated heterocycles. The zero-order valence-electron chi connectivity index (χ0n) is 22.4. The van der Waals surface area contributed by atoms with Gasteiger partial charge in [-0.05, 0) is 63.9 Å². The summed E-state index contributed by atoms with van der Waals surface area (Å²) in [6.45, 7) is 6.25. The number of anilines is 1. The van der Waals surface area contributed by atoms with Gasteiger partial charge in [-0.2, -0.15) is 18.3 Å². The molecule has 1 aliphatic rings. The molecule has 13 heteroatoms. The van der Waals surface area contributed by atoms with E-state index < -0.39 is 40.7 Å². The summed E-state index contributed by atoms with van der Waals surface area (Å²) in [7, 11) is 0. The molecule has 1 fully saturated rings. The van der Waals surface area contributed by atoms with Gasteiger partial charge in [0.1, 0.15) is 17.1 Å². The minimum Gasteiger partial charge on any atom is -0.444 e. The van der Waals surface area contributed by atoms with Gasteiger partial charge in [0.25, 0.3) is 11.5 Å². The number of H-pyrrole nitrogens is 1. The Hall–Kier alpha value is -4.42. The summed E-state index contributed by atoms with van der Waals surface area (Å²) in [5.74, 6) is -2.50. The van der Waals surface area contributed by atoms with Crippen molar-refractivity contribution in [3.8, 4) is 0 Å². The van der Waals surface area contributed by atoms with Crippen LogP contribution in [-0.2, 0) is 10.9 Å². The summed E-state index contributed by atoms with van der Waals surface area (Å²) in [5.41, 5.74) is -1.18. The quantitative estimate of drug-likeness (QED) is 0.306. The number of aromatic amines is 1. The number of aromatic nitrogens is 3. The van der Waals surface area contributed by atoms with Crippen molar-refractivity contribution in [2.45, 2.75) is 51.3 Å². The van der Waals surface area contributed by atoms with E-state index in [4.69, 9.17) is 4.74 Å². The molecule has 9 nitrogen and oxygen atoms in total. The third-order valence-electron chi connectivity index (χ3n) is 6.81. The topological polar surface area (TPSA) is 109 Å². The SMILES string of the molecule is CC(C)(C)OC(=O)N1CCC(c2cc(=O)[nH]c3c4c(NC(=O)c5ccc(C(F)(F)F)c(F)c5)cccc4nn23)CC1. The maximum absolute atomic E-state index is 14.1. The van der Waals surface area contributed by atoms with Crippen LogP contribution in [0.3, 0.4) is 0 Å². The molecule has 3 heterocycles. The Kier molecular flexibility index (Phi) is 7.00. The first-order chi connectivity index (χ1) is 19.2. The molecule has 0 saturated carbocycles. The van der Waals surface area contributed by atoms with Crippen molar-refractivity contribution in [1.29, 1.82) is 0 Å². The van der Waals surface area contributed by atoms with Gasteiger partial charge in [0.05, 0.1) is 27.8 Å². The monoisotopic (exact) mass is 573 g/mol. The summed E-state index contributed by atoms with van der Waals surface area (Å²) < 4.78 is 59.9. The van der Waals surface area contributed by atoms with E-state index in [0.29, 0.717) is 60.3 Å². The Morgan fingerprint density at radius 1 is 1.07 bits per heavy atom. The van der Waals surface area contributed by atoms with Gasteiger partial charge in [0.15, 0.2) is 0 Å². The Labute approximate surface area is 231 Å². The second-order valence-electron chi connectivity index (χ2n) is 10.9. The third-order valence-corrected chi connectivity index (χ3v) is 6.81. The molecule has 2 aromatic carbocycles. The number of carbonyl (C=O) groups excluding carboxylic acids is 2. The van der Waals surface area contributed by atoms with Crippen molar-refractivity contribution in [3.63, 3.8) is 0 Å². The van der Waals surface area contributed by atoms with E-state index in [2.05, 4.69) is 15.4 Å². The number of piperidine rings is 1. The molecule has 5 rings (SSSR count). The smallest absolute Gasteiger partial charge is 0.419 e. The minimum atomic E-state index is -4.89. The molecule has 2 N–H and O–H groups in total. The van der Waals surface area contributed by atoms with E-state index in [1.165, 1.54) is 6.07 Å². The number of benzene rings is 2. The van der Waals surface area contributed by atoms with Gasteiger partial charge in [0, 0.05) is 30.6 Å². The Morgan fingerprint density at radius 2 is 1.78 bits per heavy atom. The van der Waals surface area contributed by atoms with Crippen molar-refractivity contribution < 1.29 is 31.9 Å². The fourth-order valence-corrected chi connectivity index (χ4v) is 4.95. The van der Waals surface area contributed by atoms with Gasteiger partial charge in [-0.1, -0.05) is 6.07 Å². The number of nitrogens with one attached hydrogen (secondary N) is 2. The summed E-state index contributed by atoms with van der Waals surface area (Å²) in [5, 5.41) is 7.63. The molecule has 0 atom stereocenters. The van der Waals surface area contributed by atoms with Crippen molar-refractivity contribution in [2.24, 2.45) is 0 Å². The number of ether oxygens (including phenoxy) is 1. The lowest BCUT2D eigenvalue weighted by molar-refractivity contribution is -0.140. The number of halogens is 4. The number of alkyl halides is 3. The largest absolute Gasteiger partial charge is 0.444 e. The molecule has 2 aromatic heterocycles. The van der Waals surface area contributed by atoms with E-state index in [1.54, 1.807) is 48.4 Å². The molecule has 0 spiro atoms. The van der Waals surface area contributed by atoms with E-state index >= 15 is 0 Å². The van der Waals surface area contributed by atoms with Gasteiger partial charge in [0.2, 0.25) is 0 Å². The fraction of sp³-hybridized carbons (Fsp3) is 0.357. The van der Waals surface area contributed by atoms with Gasteiger partial charge < -0.3 is 19.9 Å². The first kappa shape index (κ1) is 28.1. The zero-order valence-corrected chi connectivity index (χ0v) is 22.4. The molecule has 41 heavy (non-hydrogen) atoms. The van der Waals surface area contributed by atoms with E-state index in [0.717, 1.165) is 6.07 Å². The summed E-state index contributed by atoms with van der Waals surface area (Å²) in [6.07, 6.45) is -4.16. The predicted molar refractivity (Wildman–Crippen MR) is 142 cm³/mol. The van der Waals surface area contributed by atoms with Crippen LogP contribution in [0.4, 0.5) is 28.0 Å². The van der Waals surface area contributed by atoms with Gasteiger partial charge in [-0.25, -0.2) is 13.7 Å². The minimum absolute atomic E-state index is 0.0963. The van der Waals surface area contributed by atoms with Crippen LogP contribution in [0.2, 0.25) is 0 Å². The third kappa shape index (κ3) is 5.74. The number of amides is 2. The summed E-state index contributed by atoms with van der Waals surface area (Å²) in [4.78, 5) is 42.5. The lowest BCUT2D eigenvalue weighted by Gasteiger charge is -2.33. The van der Waals surface area contributed by atoms with Crippen LogP contribution < -0.4 is 10.9 Å². The van der Waals surface area contributed by atoms with E-state index in [-0.39, 0.29) is 17.2 Å². The fourth-order valence-electron chi connectivity index (χ4n) is 4.95. The summed E-state index contributed by atoms with van der Waals surface area (Å²) in [6, 6.07) is 8.23. The first-order valence-corrected chi connectivity index (χ1v) is 12.9. The van der Waals surface area contributed by atoms with Gasteiger partial charge in [-0.15, -0.1) is 0 Å². The van der Waals surface area contributed by atoms with Crippen LogP contribution in [-0.4, -0.2) is 50.2 Å². The number of hydrogen-bond acceptors (Lipinski definition) is 5. The normalized spacial score (nSPS) is 15.0. The second kappa shape index (κ2) is 10.2. The highest BCUT2D eigenvalue weighted by molar-refractivity contribution is 6.11. The van der Waals surface area contributed by atoms with Crippen molar-refractivity contribution in [2.75, 3.05) is 18.4 Å². The first-order valence-electron chi connectivity index (χ1n) is 12.9. The van der Waals surface area contributed by atoms with Gasteiger partial charge >= 0.3 is 12.3 Å². The molecule has 4 aromatic rings. The molecule has 0 radical (unpaired) electrons. The van der Waals surface area contributed by atoms with Crippen LogP contribution in [0, 0.1) is 5.82 Å². The number of rotatable bonds is 3. The lowest BCUT2D eigenvalue weighted by atomic mass is 9.93. The Bertz CT molecular complexity index is 1710. The maximum atomic E-state index is 14.1. The van der Waals surface area contributed by atoms with Crippen LogP contribution in [0.1, 0.15) is 61.1 Å². The average molecular weight is 574 g/mol. The highest BCUT2D eigenvalue weighted by atomic mass is 19.4. The standard InChI is InChI=1S/C28H27F4N5O4/c1-27(2,3)41-26(40)36-11-9-15(10-12-36)21-14-22(38)34-24-23-19(5-4-6-20(23)35-37(21)24)33-25(39)16-7-8-17(18(29)13-16)28(30,31)32/h4-8,13-15H,9-12H2,1-3H3,(H,33,39)(H,34,38). The lowest BCUT2D eigenvalue weighted by Crippen LogP contribution is -2.41. The number of nitrogens with zero attached hydrogens (tertiary/aromatic N) is 3. The molecule has 0 unspecified atom stereocenters. The molecular formula is C28H27F4N5O4. The second-order valence-corrected chi connectivity index (χ2v) is 10.9. The number of fused-ring (bicyclic) bond motifs is 3. The van der Waals surface area contributed by atoms with Crippen LogP contribution in [0.25, 0.3) is 16.6 Å². The number of hydrogen-bond donors (Lipinski definition) is 2. The van der Waals surface area contributed by atoms with Crippen LogP contribution in [0.5, 0.6) is 0 Å². The molecule has 0 bridgehead atoms. The van der Waals surface area contributed by atoms with Crippen molar-refractivity contribution in [3.05, 3.63) is 75.5 Å². The Morgan fingerprint density at radius 3 is 2.41 bits per heavy atom. The zero-order chi connectivity index (χ0) is 29.7. The molecular weight excluding hydrogens is 546 g/mol. The molecule has 2 amide bonds. The van der Waals surface area contributed by atoms with Crippen molar-refractivity contribution in [1.82, 2.24) is 19.5 Å². The predicted octanol–water partition coefficient (Wildman–Crippen LogP) is 5.70. The maximum Gasteiger partial charge on any atom is 0.419 e. The van der Waals surface area contributed by atoms with Crippen molar-refractivity contribution >= 4 is 34.2 Å². The van der Waals surface area contributed by atoms with Gasteiger partial charge in [-0.3, -0.25) is 9.59 Å². The number of likely N-dealkylation sites (tertiary alicyclic amines) is 1. The highest BCUT2D eigenvalue weighted by Crippen LogP contribution is 2.34. The van der Waals surface area contributed by atoms with E-state index in [9.17, 15) is 31.9 Å². The van der Waals surface area contributed by atoms with Crippen LogP contribution in [0.15, 0.2) is 47.3 Å². The van der Waals surface area contributed by atoms with Crippen LogP contribution >= 0.6 is 0 Å². The molecule has 1 aliphatic heterocycles. The molecule has 0 aliphatic carbocycles. The molecule has 216 valence electrons. The van der Waals surface area contributed by atoms with E-state index in [1.807, 2.05) is 0 Å². The number of carbonyl (C=O) groups is 2. The summed E-state index contributed by atoms with van der Waals surface area (Å²) >= 11 is 0.